The lowest BCUT2D eigenvalue weighted by Crippen LogP contribution is -2.58. The van der Waals surface area contributed by atoms with Crippen molar-refractivity contribution in [3.63, 3.8) is 0 Å². The van der Waals surface area contributed by atoms with Crippen LogP contribution in [0.5, 0.6) is 0 Å². The maximum absolute atomic E-state index is 12.1. The van der Waals surface area contributed by atoms with Gasteiger partial charge in [0.1, 0.15) is 0 Å². The van der Waals surface area contributed by atoms with E-state index >= 15 is 0 Å². The average molecular weight is 266 g/mol. The summed E-state index contributed by atoms with van der Waals surface area (Å²) in [6, 6.07) is 3.00. The van der Waals surface area contributed by atoms with Gasteiger partial charge in [0.2, 0.25) is 5.91 Å². The normalized spacial score (nSPS) is 23.9. The van der Waals surface area contributed by atoms with Crippen LogP contribution in [-0.2, 0) is 4.79 Å². The highest BCUT2D eigenvalue weighted by Crippen LogP contribution is 2.12. The van der Waals surface area contributed by atoms with Crippen LogP contribution in [0.2, 0.25) is 0 Å². The molecule has 19 heavy (non-hydrogen) atoms. The number of hydrogen-bond acceptors (Lipinski definition) is 4. The number of amides is 1. The van der Waals surface area contributed by atoms with Crippen LogP contribution in [0.4, 0.5) is 0 Å². The molecule has 108 valence electrons. The highest BCUT2D eigenvalue weighted by Gasteiger charge is 2.27. The van der Waals surface area contributed by atoms with Crippen molar-refractivity contribution in [1.82, 2.24) is 15.1 Å². The summed E-state index contributed by atoms with van der Waals surface area (Å²) in [6.45, 7) is 7.23. The van der Waals surface area contributed by atoms with Crippen LogP contribution in [0.15, 0.2) is 0 Å². The van der Waals surface area contributed by atoms with Gasteiger partial charge in [-0.05, 0) is 12.8 Å². The highest BCUT2D eigenvalue weighted by atomic mass is 16.2. The molecule has 0 spiro atoms. The van der Waals surface area contributed by atoms with Crippen LogP contribution >= 0.6 is 0 Å². The predicted molar refractivity (Wildman–Crippen MR) is 75.6 cm³/mol. The number of nitrogens with zero attached hydrogens (tertiary/aromatic N) is 3. The van der Waals surface area contributed by atoms with Crippen LogP contribution in [-0.4, -0.2) is 61.0 Å². The number of nitrogens with one attached hydrogen (secondary N) is 1. The molecule has 1 amide bonds. The molecule has 0 aliphatic carbocycles. The molecule has 1 aliphatic rings. The van der Waals surface area contributed by atoms with Crippen molar-refractivity contribution < 1.29 is 4.79 Å². The molecule has 0 aromatic rings. The third kappa shape index (κ3) is 4.81. The van der Waals surface area contributed by atoms with Gasteiger partial charge in [-0.3, -0.25) is 9.69 Å². The summed E-state index contributed by atoms with van der Waals surface area (Å²) in [5.74, 6) is 0.116. The van der Waals surface area contributed by atoms with E-state index < -0.39 is 0 Å². The van der Waals surface area contributed by atoms with E-state index in [1.807, 2.05) is 0 Å². The van der Waals surface area contributed by atoms with E-state index in [1.54, 1.807) is 11.9 Å². The van der Waals surface area contributed by atoms with Gasteiger partial charge in [-0.25, -0.2) is 0 Å². The van der Waals surface area contributed by atoms with Crippen molar-refractivity contribution in [1.29, 1.82) is 5.26 Å². The molecule has 1 N–H and O–H groups in total. The number of carbonyl (C=O) groups is 1. The number of rotatable bonds is 6. The van der Waals surface area contributed by atoms with Gasteiger partial charge in [0, 0.05) is 38.8 Å². The molecule has 1 saturated heterocycles. The molecule has 1 aliphatic heterocycles. The van der Waals surface area contributed by atoms with Crippen LogP contribution < -0.4 is 5.32 Å². The van der Waals surface area contributed by atoms with E-state index in [1.165, 1.54) is 0 Å². The summed E-state index contributed by atoms with van der Waals surface area (Å²) in [5.41, 5.74) is 0. The second-order valence-electron chi connectivity index (χ2n) is 5.23. The minimum absolute atomic E-state index is 0.116. The van der Waals surface area contributed by atoms with Gasteiger partial charge in [0.15, 0.2) is 0 Å². The topological polar surface area (TPSA) is 59.4 Å². The fraction of sp³-hybridized carbons (Fsp3) is 0.857. The second-order valence-corrected chi connectivity index (χ2v) is 5.23. The van der Waals surface area contributed by atoms with Crippen LogP contribution in [0.3, 0.4) is 0 Å². The Labute approximate surface area is 116 Å². The maximum atomic E-state index is 12.1. The number of piperazine rings is 1. The van der Waals surface area contributed by atoms with Gasteiger partial charge in [0.05, 0.1) is 19.0 Å². The van der Waals surface area contributed by atoms with Gasteiger partial charge in [-0.15, -0.1) is 0 Å². The first-order valence-corrected chi connectivity index (χ1v) is 7.20. The van der Waals surface area contributed by atoms with Crippen molar-refractivity contribution in [2.24, 2.45) is 0 Å². The molecule has 2 unspecified atom stereocenters. The first kappa shape index (κ1) is 15.9. The zero-order valence-corrected chi connectivity index (χ0v) is 12.4. The van der Waals surface area contributed by atoms with E-state index in [-0.39, 0.29) is 5.91 Å². The summed E-state index contributed by atoms with van der Waals surface area (Å²) in [6.07, 6.45) is 2.54. The van der Waals surface area contributed by atoms with Crippen molar-refractivity contribution in [3.8, 4) is 6.07 Å². The van der Waals surface area contributed by atoms with Crippen molar-refractivity contribution in [2.75, 3.05) is 33.2 Å². The minimum atomic E-state index is 0.116. The maximum Gasteiger partial charge on any atom is 0.236 e. The Morgan fingerprint density at radius 3 is 2.79 bits per heavy atom. The Morgan fingerprint density at radius 1 is 1.47 bits per heavy atom. The largest absolute Gasteiger partial charge is 0.344 e. The molecule has 0 bridgehead atoms. The van der Waals surface area contributed by atoms with E-state index in [2.05, 4.69) is 30.1 Å². The van der Waals surface area contributed by atoms with Gasteiger partial charge < -0.3 is 10.2 Å². The summed E-state index contributed by atoms with van der Waals surface area (Å²) in [5, 5.41) is 12.1. The number of carbonyl (C=O) groups excluding carboxylic acids is 1. The summed E-state index contributed by atoms with van der Waals surface area (Å²) < 4.78 is 0. The lowest BCUT2D eigenvalue weighted by Gasteiger charge is -2.40. The molecule has 1 fully saturated rings. The molecular formula is C14H26N4O. The Kier molecular flexibility index (Phi) is 6.82. The molecule has 5 nitrogen and oxygen atoms in total. The smallest absolute Gasteiger partial charge is 0.236 e. The van der Waals surface area contributed by atoms with Crippen LogP contribution in [0, 0.1) is 11.3 Å². The monoisotopic (exact) mass is 266 g/mol. The van der Waals surface area contributed by atoms with Gasteiger partial charge in [-0.2, -0.15) is 5.26 Å². The predicted octanol–water partition coefficient (Wildman–Crippen LogP) is 0.821. The zero-order valence-electron chi connectivity index (χ0n) is 12.4. The Morgan fingerprint density at radius 2 is 2.21 bits per heavy atom. The van der Waals surface area contributed by atoms with Gasteiger partial charge >= 0.3 is 0 Å². The summed E-state index contributed by atoms with van der Waals surface area (Å²) in [7, 11) is 1.78. The van der Waals surface area contributed by atoms with Crippen LogP contribution in [0.25, 0.3) is 0 Å². The van der Waals surface area contributed by atoms with E-state index in [4.69, 9.17) is 5.26 Å². The molecule has 0 radical (unpaired) electrons. The van der Waals surface area contributed by atoms with Crippen molar-refractivity contribution in [3.05, 3.63) is 0 Å². The van der Waals surface area contributed by atoms with Crippen molar-refractivity contribution >= 4 is 5.91 Å². The molecule has 0 saturated carbocycles. The van der Waals surface area contributed by atoms with E-state index in [0.29, 0.717) is 31.6 Å². The standard InChI is InChI=1S/C14H26N4O/c1-4-12-10-18(13(5-2)9-16-12)11-14(19)17(3)8-6-7-15/h12-13,16H,4-6,8-11H2,1-3H3. The van der Waals surface area contributed by atoms with E-state index in [9.17, 15) is 4.79 Å². The quantitative estimate of drug-likeness (QED) is 0.773. The van der Waals surface area contributed by atoms with E-state index in [0.717, 1.165) is 25.9 Å². The van der Waals surface area contributed by atoms with Gasteiger partial charge in [-0.1, -0.05) is 13.8 Å². The third-order valence-corrected chi connectivity index (χ3v) is 3.90. The Bertz CT molecular complexity index is 326. The number of likely N-dealkylation sites (N-methyl/N-ethyl adjacent to an activating group) is 1. The molecule has 0 aromatic carbocycles. The highest BCUT2D eigenvalue weighted by molar-refractivity contribution is 5.78. The first-order chi connectivity index (χ1) is 9.12. The first-order valence-electron chi connectivity index (χ1n) is 7.20. The molecule has 0 aromatic heterocycles. The average Bonchev–Trinajstić information content (AvgIpc) is 2.44. The Hall–Kier alpha value is -1.12. The summed E-state index contributed by atoms with van der Waals surface area (Å²) in [4.78, 5) is 16.1. The molecule has 2 atom stereocenters. The second kappa shape index (κ2) is 8.13. The lowest BCUT2D eigenvalue weighted by atomic mass is 10.1. The molecule has 5 heteroatoms. The zero-order chi connectivity index (χ0) is 14.3. The molecule has 1 rings (SSSR count). The SMILES string of the molecule is CCC1CN(CC(=O)N(C)CCC#N)C(CC)CN1. The third-order valence-electron chi connectivity index (χ3n) is 3.90. The molecular weight excluding hydrogens is 240 g/mol. The fourth-order valence-corrected chi connectivity index (χ4v) is 2.43. The van der Waals surface area contributed by atoms with Crippen molar-refractivity contribution in [2.45, 2.75) is 45.2 Å². The van der Waals surface area contributed by atoms with Crippen LogP contribution in [0.1, 0.15) is 33.1 Å². The molecule has 1 heterocycles. The van der Waals surface area contributed by atoms with Gasteiger partial charge in [0.25, 0.3) is 0 Å². The minimum Gasteiger partial charge on any atom is -0.344 e. The number of nitriles is 1. The lowest BCUT2D eigenvalue weighted by molar-refractivity contribution is -0.132. The summed E-state index contributed by atoms with van der Waals surface area (Å²) >= 11 is 0. The fourth-order valence-electron chi connectivity index (χ4n) is 2.43. The number of hydrogen-bond donors (Lipinski definition) is 1. The Balaban J connectivity index is 2.51.